The monoisotopic (exact) mass is 261 g/mol. The van der Waals surface area contributed by atoms with Crippen LogP contribution in [-0.4, -0.2) is 19.2 Å². The number of nitrogens with one attached hydrogen (secondary N) is 1. The summed E-state index contributed by atoms with van der Waals surface area (Å²) in [6.45, 7) is 4.52. The molecule has 0 aliphatic carbocycles. The normalized spacial score (nSPS) is 15.2. The highest BCUT2D eigenvalue weighted by atomic mass is 19.4. The molecule has 5 heteroatoms. The average molecular weight is 261 g/mol. The third kappa shape index (κ3) is 3.91. The maximum atomic E-state index is 12.4. The molecule has 1 aromatic carbocycles. The van der Waals surface area contributed by atoms with E-state index < -0.39 is 17.3 Å². The minimum Gasteiger partial charge on any atom is -0.486 e. The minimum atomic E-state index is -4.31. The molecule has 2 nitrogen and oxygen atoms in total. The van der Waals surface area contributed by atoms with Crippen LogP contribution < -0.4 is 10.1 Å². The summed E-state index contributed by atoms with van der Waals surface area (Å²) in [7, 11) is 1.81. The highest BCUT2D eigenvalue weighted by Gasteiger charge is 2.30. The van der Waals surface area contributed by atoms with Crippen molar-refractivity contribution in [3.05, 3.63) is 29.8 Å². The van der Waals surface area contributed by atoms with Crippen molar-refractivity contribution in [3.8, 4) is 5.75 Å². The number of halogens is 3. The Morgan fingerprint density at radius 2 is 1.72 bits per heavy atom. The standard InChI is InChI=1S/C13H18F3NO/c1-4-12(2,9-17-3)18-11-7-5-10(6-8-11)13(14,15)16/h5-8,17H,4,9H2,1-3H3. The van der Waals surface area contributed by atoms with Gasteiger partial charge in [0.2, 0.25) is 0 Å². The quantitative estimate of drug-likeness (QED) is 0.876. The maximum Gasteiger partial charge on any atom is 0.416 e. The van der Waals surface area contributed by atoms with E-state index in [1.165, 1.54) is 12.1 Å². The molecular formula is C13H18F3NO. The summed E-state index contributed by atoms with van der Waals surface area (Å²) in [5.41, 5.74) is -1.09. The second-order valence-corrected chi connectivity index (χ2v) is 4.46. The van der Waals surface area contributed by atoms with Gasteiger partial charge in [-0.05, 0) is 44.7 Å². The second-order valence-electron chi connectivity index (χ2n) is 4.46. The number of alkyl halides is 3. The molecule has 0 saturated heterocycles. The summed E-state index contributed by atoms with van der Waals surface area (Å²) in [5.74, 6) is 0.447. The molecule has 0 fully saturated rings. The van der Waals surface area contributed by atoms with Gasteiger partial charge in [-0.3, -0.25) is 0 Å². The Morgan fingerprint density at radius 3 is 2.11 bits per heavy atom. The summed E-state index contributed by atoms with van der Waals surface area (Å²) in [4.78, 5) is 0. The Kier molecular flexibility index (Phi) is 4.62. The lowest BCUT2D eigenvalue weighted by Crippen LogP contribution is -2.41. The van der Waals surface area contributed by atoms with Crippen molar-refractivity contribution in [2.45, 2.75) is 32.0 Å². The smallest absolute Gasteiger partial charge is 0.416 e. The first kappa shape index (κ1) is 14.8. The Hall–Kier alpha value is -1.23. The Morgan fingerprint density at radius 1 is 1.17 bits per heavy atom. The summed E-state index contributed by atoms with van der Waals surface area (Å²) in [6, 6.07) is 4.77. The number of benzene rings is 1. The van der Waals surface area contributed by atoms with Crippen LogP contribution in [0.1, 0.15) is 25.8 Å². The van der Waals surface area contributed by atoms with Gasteiger partial charge in [-0.1, -0.05) is 6.92 Å². The third-order valence-electron chi connectivity index (χ3n) is 2.84. The fourth-order valence-corrected chi connectivity index (χ4v) is 1.60. The lowest BCUT2D eigenvalue weighted by Gasteiger charge is -2.29. The van der Waals surface area contributed by atoms with Gasteiger partial charge in [0.25, 0.3) is 0 Å². The van der Waals surface area contributed by atoms with E-state index >= 15 is 0 Å². The van der Waals surface area contributed by atoms with Crippen molar-refractivity contribution in [3.63, 3.8) is 0 Å². The van der Waals surface area contributed by atoms with E-state index in [2.05, 4.69) is 5.32 Å². The van der Waals surface area contributed by atoms with E-state index in [0.717, 1.165) is 18.6 Å². The summed E-state index contributed by atoms with van der Waals surface area (Å²) >= 11 is 0. The molecule has 1 rings (SSSR count). The zero-order valence-corrected chi connectivity index (χ0v) is 10.8. The predicted molar refractivity (Wildman–Crippen MR) is 64.7 cm³/mol. The van der Waals surface area contributed by atoms with Crippen LogP contribution in [-0.2, 0) is 6.18 Å². The van der Waals surface area contributed by atoms with E-state index in [1.807, 2.05) is 20.9 Å². The number of rotatable bonds is 5. The van der Waals surface area contributed by atoms with Crippen LogP contribution in [0.4, 0.5) is 13.2 Å². The first-order valence-corrected chi connectivity index (χ1v) is 5.81. The van der Waals surface area contributed by atoms with Crippen molar-refractivity contribution in [1.29, 1.82) is 0 Å². The van der Waals surface area contributed by atoms with Crippen LogP contribution in [0.2, 0.25) is 0 Å². The van der Waals surface area contributed by atoms with Crippen molar-refractivity contribution in [1.82, 2.24) is 5.32 Å². The van der Waals surface area contributed by atoms with E-state index in [1.54, 1.807) is 0 Å². The van der Waals surface area contributed by atoms with Crippen LogP contribution in [0.5, 0.6) is 5.75 Å². The van der Waals surface area contributed by atoms with Gasteiger partial charge in [0.15, 0.2) is 0 Å². The Balaban J connectivity index is 2.80. The largest absolute Gasteiger partial charge is 0.486 e. The molecule has 1 atom stereocenters. The van der Waals surface area contributed by atoms with Crippen LogP contribution in [0.25, 0.3) is 0 Å². The van der Waals surface area contributed by atoms with Gasteiger partial charge in [0.05, 0.1) is 5.56 Å². The zero-order valence-electron chi connectivity index (χ0n) is 10.8. The fraction of sp³-hybridized carbons (Fsp3) is 0.538. The van der Waals surface area contributed by atoms with Gasteiger partial charge >= 0.3 is 6.18 Å². The molecule has 1 N–H and O–H groups in total. The molecule has 0 aliphatic rings. The molecule has 18 heavy (non-hydrogen) atoms. The molecule has 0 heterocycles. The van der Waals surface area contributed by atoms with Crippen LogP contribution in [0, 0.1) is 0 Å². The van der Waals surface area contributed by atoms with Crippen LogP contribution in [0.15, 0.2) is 24.3 Å². The minimum absolute atomic E-state index is 0.422. The van der Waals surface area contributed by atoms with Gasteiger partial charge in [0, 0.05) is 6.54 Å². The van der Waals surface area contributed by atoms with Gasteiger partial charge in [-0.15, -0.1) is 0 Å². The van der Waals surface area contributed by atoms with E-state index in [9.17, 15) is 13.2 Å². The fourth-order valence-electron chi connectivity index (χ4n) is 1.60. The van der Waals surface area contributed by atoms with E-state index in [0.29, 0.717) is 12.3 Å². The highest BCUT2D eigenvalue weighted by molar-refractivity contribution is 5.29. The first-order chi connectivity index (χ1) is 8.30. The average Bonchev–Trinajstić information content (AvgIpc) is 2.29. The molecule has 0 aliphatic heterocycles. The van der Waals surface area contributed by atoms with Crippen molar-refractivity contribution in [2.75, 3.05) is 13.6 Å². The van der Waals surface area contributed by atoms with E-state index in [-0.39, 0.29) is 0 Å². The third-order valence-corrected chi connectivity index (χ3v) is 2.84. The molecule has 0 saturated carbocycles. The number of hydrogen-bond acceptors (Lipinski definition) is 2. The molecule has 0 spiro atoms. The lowest BCUT2D eigenvalue weighted by atomic mass is 10.0. The number of ether oxygens (including phenoxy) is 1. The highest BCUT2D eigenvalue weighted by Crippen LogP contribution is 2.31. The maximum absolute atomic E-state index is 12.4. The van der Waals surface area contributed by atoms with E-state index in [4.69, 9.17) is 4.74 Å². The van der Waals surface area contributed by atoms with Gasteiger partial charge < -0.3 is 10.1 Å². The molecule has 0 amide bonds. The topological polar surface area (TPSA) is 21.3 Å². The molecule has 1 unspecified atom stereocenters. The van der Waals surface area contributed by atoms with Gasteiger partial charge in [-0.25, -0.2) is 0 Å². The zero-order chi connectivity index (χ0) is 13.8. The van der Waals surface area contributed by atoms with Crippen molar-refractivity contribution in [2.24, 2.45) is 0 Å². The SMILES string of the molecule is CCC(C)(CNC)Oc1ccc(C(F)(F)F)cc1. The number of likely N-dealkylation sites (N-methyl/N-ethyl adjacent to an activating group) is 1. The molecule has 0 bridgehead atoms. The molecule has 102 valence electrons. The lowest BCUT2D eigenvalue weighted by molar-refractivity contribution is -0.137. The molecule has 0 aromatic heterocycles. The van der Waals surface area contributed by atoms with Crippen molar-refractivity contribution < 1.29 is 17.9 Å². The second kappa shape index (κ2) is 5.61. The van der Waals surface area contributed by atoms with Crippen molar-refractivity contribution >= 4 is 0 Å². The summed E-state index contributed by atoms with van der Waals surface area (Å²) < 4.78 is 42.9. The molecular weight excluding hydrogens is 243 g/mol. The van der Waals surface area contributed by atoms with Crippen LogP contribution >= 0.6 is 0 Å². The molecule has 0 radical (unpaired) electrons. The summed E-state index contributed by atoms with van der Waals surface area (Å²) in [5, 5.41) is 3.01. The molecule has 1 aromatic rings. The Labute approximate surface area is 105 Å². The predicted octanol–water partition coefficient (Wildman–Crippen LogP) is 3.47. The van der Waals surface area contributed by atoms with Crippen LogP contribution in [0.3, 0.4) is 0 Å². The number of hydrogen-bond donors (Lipinski definition) is 1. The van der Waals surface area contributed by atoms with Gasteiger partial charge in [0.1, 0.15) is 11.4 Å². The Bertz CT molecular complexity index is 375. The summed E-state index contributed by atoms with van der Waals surface area (Å²) in [6.07, 6.45) is -3.55. The first-order valence-electron chi connectivity index (χ1n) is 5.81. The van der Waals surface area contributed by atoms with Gasteiger partial charge in [-0.2, -0.15) is 13.2 Å².